The van der Waals surface area contributed by atoms with Gasteiger partial charge >= 0.3 is 0 Å². The van der Waals surface area contributed by atoms with Crippen molar-refractivity contribution in [1.82, 2.24) is 25.8 Å². The Morgan fingerprint density at radius 3 is 2.16 bits per heavy atom. The molecule has 1 aromatic heterocycles. The first kappa shape index (κ1) is 37.9. The number of hydrogen-bond donors (Lipinski definition) is 4. The van der Waals surface area contributed by atoms with Gasteiger partial charge in [-0.2, -0.15) is 0 Å². The molecule has 0 spiro atoms. The van der Waals surface area contributed by atoms with Crippen molar-refractivity contribution in [1.29, 1.82) is 0 Å². The molecule has 4 unspecified atom stereocenters. The van der Waals surface area contributed by atoms with E-state index < -0.39 is 30.0 Å². The lowest BCUT2D eigenvalue weighted by Gasteiger charge is -2.29. The third-order valence-corrected chi connectivity index (χ3v) is 8.47. The molecule has 0 radical (unpaired) electrons. The minimum atomic E-state index is -1.01. The topological polar surface area (TPSA) is 141 Å². The van der Waals surface area contributed by atoms with Gasteiger partial charge in [0.05, 0.1) is 18.7 Å². The van der Waals surface area contributed by atoms with Crippen molar-refractivity contribution >= 4 is 35.0 Å². The monoisotopic (exact) mass is 643 g/mol. The predicted molar refractivity (Wildman–Crippen MR) is 179 cm³/mol. The Morgan fingerprint density at radius 1 is 0.933 bits per heavy atom. The number of aromatic nitrogens is 1. The number of hydrogen-bond acceptors (Lipinski definition) is 7. The number of rotatable bonds is 17. The third kappa shape index (κ3) is 12.2. The zero-order valence-corrected chi connectivity index (χ0v) is 29.2. The first-order chi connectivity index (χ1) is 21.1. The van der Waals surface area contributed by atoms with Gasteiger partial charge < -0.3 is 26.0 Å². The number of carbonyl (C=O) groups excluding carboxylic acids is 4. The molecule has 2 rings (SSSR count). The molecule has 10 nitrogen and oxygen atoms in total. The molecule has 0 aliphatic rings. The summed E-state index contributed by atoms with van der Waals surface area (Å²) in [6.07, 6.45) is -0.419. The highest BCUT2D eigenvalue weighted by molar-refractivity contribution is 7.09. The van der Waals surface area contributed by atoms with Crippen LogP contribution in [0.2, 0.25) is 0 Å². The molecule has 4 atom stereocenters. The van der Waals surface area contributed by atoms with Gasteiger partial charge in [-0.1, -0.05) is 54.5 Å². The zero-order chi connectivity index (χ0) is 33.8. The SMILES string of the molecule is CCN(Cc1nc(C)cs1)C(=O)c1cccc(C(=O)NC(CC(C)C)C(O)CC(C)C(=O)NC(C(=O)NCC(C)C)C(C)C)c1. The second-order valence-electron chi connectivity index (χ2n) is 13.1. The van der Waals surface area contributed by atoms with Crippen LogP contribution >= 0.6 is 11.3 Å². The number of aliphatic hydroxyl groups is 1. The predicted octanol–water partition coefficient (Wildman–Crippen LogP) is 4.56. The van der Waals surface area contributed by atoms with Crippen LogP contribution in [0.3, 0.4) is 0 Å². The van der Waals surface area contributed by atoms with Crippen molar-refractivity contribution in [2.45, 2.75) is 99.9 Å². The van der Waals surface area contributed by atoms with Crippen LogP contribution < -0.4 is 16.0 Å². The van der Waals surface area contributed by atoms with Crippen molar-refractivity contribution < 1.29 is 24.3 Å². The van der Waals surface area contributed by atoms with E-state index in [1.807, 2.05) is 60.8 Å². The fourth-order valence-electron chi connectivity index (χ4n) is 4.89. The van der Waals surface area contributed by atoms with Crippen molar-refractivity contribution in [2.75, 3.05) is 13.1 Å². The van der Waals surface area contributed by atoms with E-state index >= 15 is 0 Å². The Labute approximate surface area is 272 Å². The maximum atomic E-state index is 13.4. The number of benzene rings is 1. The molecular formula is C34H53N5O5S. The number of thiazole rings is 1. The first-order valence-corrected chi connectivity index (χ1v) is 16.9. The number of aliphatic hydroxyl groups excluding tert-OH is 1. The van der Waals surface area contributed by atoms with Gasteiger partial charge in [0.2, 0.25) is 11.8 Å². The summed E-state index contributed by atoms with van der Waals surface area (Å²) in [6, 6.07) is 5.25. The van der Waals surface area contributed by atoms with Gasteiger partial charge in [-0.25, -0.2) is 4.98 Å². The molecule has 4 N–H and O–H groups in total. The maximum Gasteiger partial charge on any atom is 0.254 e. The molecule has 0 aliphatic carbocycles. The van der Waals surface area contributed by atoms with Crippen LogP contribution in [-0.2, 0) is 16.1 Å². The van der Waals surface area contributed by atoms with Crippen LogP contribution in [0.15, 0.2) is 29.6 Å². The average molecular weight is 644 g/mol. The number of amides is 4. The summed E-state index contributed by atoms with van der Waals surface area (Å²) in [7, 11) is 0. The summed E-state index contributed by atoms with van der Waals surface area (Å²) < 4.78 is 0. The lowest BCUT2D eigenvalue weighted by molar-refractivity contribution is -0.132. The highest BCUT2D eigenvalue weighted by Gasteiger charge is 2.30. The second kappa shape index (κ2) is 18.0. The summed E-state index contributed by atoms with van der Waals surface area (Å²) in [6.45, 7) is 18.7. The van der Waals surface area contributed by atoms with Crippen LogP contribution in [0.5, 0.6) is 0 Å². The van der Waals surface area contributed by atoms with Gasteiger partial charge in [0.1, 0.15) is 11.0 Å². The summed E-state index contributed by atoms with van der Waals surface area (Å²) >= 11 is 1.51. The molecular weight excluding hydrogens is 590 g/mol. The van der Waals surface area contributed by atoms with E-state index in [-0.39, 0.29) is 41.9 Å². The van der Waals surface area contributed by atoms with E-state index in [0.717, 1.165) is 10.7 Å². The van der Waals surface area contributed by atoms with Crippen LogP contribution in [0.1, 0.15) is 99.6 Å². The minimum absolute atomic E-state index is 0.0993. The third-order valence-electron chi connectivity index (χ3n) is 7.51. The largest absolute Gasteiger partial charge is 0.391 e. The maximum absolute atomic E-state index is 13.4. The number of nitrogens with zero attached hydrogens (tertiary/aromatic N) is 2. The van der Waals surface area contributed by atoms with E-state index in [0.29, 0.717) is 37.2 Å². The van der Waals surface area contributed by atoms with E-state index in [4.69, 9.17) is 0 Å². The second-order valence-corrected chi connectivity index (χ2v) is 14.0. The zero-order valence-electron chi connectivity index (χ0n) is 28.3. The quantitative estimate of drug-likeness (QED) is 0.199. The van der Waals surface area contributed by atoms with Gasteiger partial charge in [-0.3, -0.25) is 19.2 Å². The number of aryl methyl sites for hydroxylation is 1. The molecule has 0 fully saturated rings. The van der Waals surface area contributed by atoms with Gasteiger partial charge in [-0.15, -0.1) is 11.3 Å². The van der Waals surface area contributed by atoms with Gasteiger partial charge in [0, 0.05) is 41.2 Å². The van der Waals surface area contributed by atoms with Crippen molar-refractivity contribution in [2.24, 2.45) is 23.7 Å². The fraction of sp³-hybridized carbons (Fsp3) is 0.618. The smallest absolute Gasteiger partial charge is 0.254 e. The van der Waals surface area contributed by atoms with E-state index in [9.17, 15) is 24.3 Å². The molecule has 0 aliphatic heterocycles. The molecule has 45 heavy (non-hydrogen) atoms. The summed E-state index contributed by atoms with van der Waals surface area (Å²) in [5.41, 5.74) is 1.61. The molecule has 250 valence electrons. The first-order valence-electron chi connectivity index (χ1n) is 16.0. The Morgan fingerprint density at radius 2 is 1.60 bits per heavy atom. The van der Waals surface area contributed by atoms with Crippen LogP contribution in [0, 0.1) is 30.6 Å². The summed E-state index contributed by atoms with van der Waals surface area (Å²) in [5, 5.41) is 22.7. The van der Waals surface area contributed by atoms with Gasteiger partial charge in [0.25, 0.3) is 11.8 Å². The van der Waals surface area contributed by atoms with Crippen LogP contribution in [-0.4, -0.2) is 69.9 Å². The number of carbonyl (C=O) groups is 4. The van der Waals surface area contributed by atoms with Gasteiger partial charge in [0.15, 0.2) is 0 Å². The lowest BCUT2D eigenvalue weighted by atomic mass is 9.91. The molecule has 0 saturated heterocycles. The fourth-order valence-corrected chi connectivity index (χ4v) is 5.68. The molecule has 1 heterocycles. The Balaban J connectivity index is 2.11. The highest BCUT2D eigenvalue weighted by Crippen LogP contribution is 2.19. The molecule has 0 bridgehead atoms. The van der Waals surface area contributed by atoms with Crippen LogP contribution in [0.25, 0.3) is 0 Å². The highest BCUT2D eigenvalue weighted by atomic mass is 32.1. The van der Waals surface area contributed by atoms with E-state index in [1.54, 1.807) is 36.1 Å². The average Bonchev–Trinajstić information content (AvgIpc) is 3.40. The normalized spacial score (nSPS) is 14.2. The summed E-state index contributed by atoms with van der Waals surface area (Å²) in [5.74, 6) is -1.45. The Bertz CT molecular complexity index is 1280. The van der Waals surface area contributed by atoms with Crippen molar-refractivity contribution in [3.05, 3.63) is 51.5 Å². The Hall–Kier alpha value is -3.31. The Kier molecular flexibility index (Phi) is 15.1. The molecule has 11 heteroatoms. The minimum Gasteiger partial charge on any atom is -0.391 e. The number of nitrogens with one attached hydrogen (secondary N) is 3. The van der Waals surface area contributed by atoms with Crippen LogP contribution in [0.4, 0.5) is 0 Å². The standard InChI is InChI=1S/C34H53N5O5S/c1-10-39(18-29-36-24(9)19-45-29)34(44)26-13-11-12-25(16-26)32(42)37-27(14-20(2)3)28(40)15-23(8)31(41)38-30(22(6)7)33(43)35-17-21(4)5/h11-13,16,19-23,27-28,30,40H,10,14-15,17-18H2,1-9H3,(H,35,43)(H,37,42)(H,38,41). The van der Waals surface area contributed by atoms with E-state index in [1.165, 1.54) is 11.3 Å². The van der Waals surface area contributed by atoms with Gasteiger partial charge in [-0.05, 0) is 62.6 Å². The lowest BCUT2D eigenvalue weighted by Crippen LogP contribution is -2.52. The van der Waals surface area contributed by atoms with E-state index in [2.05, 4.69) is 20.9 Å². The summed E-state index contributed by atoms with van der Waals surface area (Å²) in [4.78, 5) is 58.7. The molecule has 0 saturated carbocycles. The van der Waals surface area contributed by atoms with Crippen molar-refractivity contribution in [3.63, 3.8) is 0 Å². The molecule has 2 aromatic rings. The van der Waals surface area contributed by atoms with Crippen molar-refractivity contribution in [3.8, 4) is 0 Å². The molecule has 1 aromatic carbocycles. The molecule has 4 amide bonds.